The molecule has 2 rings (SSSR count). The van der Waals surface area contributed by atoms with Gasteiger partial charge < -0.3 is 10.1 Å². The van der Waals surface area contributed by atoms with Crippen LogP contribution in [-0.2, 0) is 11.2 Å². The van der Waals surface area contributed by atoms with Gasteiger partial charge in [0.2, 0.25) is 0 Å². The fourth-order valence-electron chi connectivity index (χ4n) is 3.49. The van der Waals surface area contributed by atoms with Crippen LogP contribution in [0.5, 0.6) is 0 Å². The van der Waals surface area contributed by atoms with Crippen LogP contribution in [-0.4, -0.2) is 25.3 Å². The molecule has 0 saturated heterocycles. The van der Waals surface area contributed by atoms with Gasteiger partial charge in [0.15, 0.2) is 0 Å². The monoisotopic (exact) mass is 313 g/mol. The highest BCUT2D eigenvalue weighted by molar-refractivity contribution is 6.31. The summed E-state index contributed by atoms with van der Waals surface area (Å²) in [6.07, 6.45) is 6.60. The first-order chi connectivity index (χ1) is 10.1. The Morgan fingerprint density at radius 3 is 2.62 bits per heavy atom. The molecule has 1 atom stereocenters. The SMILES string of the molecule is CCOC1(C(Cc2ccc(F)cc2Cl)NC)CCCCC1. The normalized spacial score (nSPS) is 19.4. The van der Waals surface area contributed by atoms with Gasteiger partial charge in [-0.1, -0.05) is 36.9 Å². The summed E-state index contributed by atoms with van der Waals surface area (Å²) in [6, 6.07) is 4.84. The molecule has 4 heteroatoms. The van der Waals surface area contributed by atoms with Gasteiger partial charge in [0.1, 0.15) is 5.82 Å². The molecular formula is C17H25ClFNO. The Balaban J connectivity index is 2.20. The summed E-state index contributed by atoms with van der Waals surface area (Å²) in [7, 11) is 1.97. The van der Waals surface area contributed by atoms with Crippen LogP contribution in [0.25, 0.3) is 0 Å². The summed E-state index contributed by atoms with van der Waals surface area (Å²) in [5.74, 6) is -0.290. The van der Waals surface area contributed by atoms with E-state index in [1.165, 1.54) is 31.4 Å². The van der Waals surface area contributed by atoms with Crippen LogP contribution in [0.1, 0.15) is 44.6 Å². The maximum atomic E-state index is 13.2. The van der Waals surface area contributed by atoms with Crippen molar-refractivity contribution < 1.29 is 9.13 Å². The first-order valence-corrected chi connectivity index (χ1v) is 8.24. The molecule has 1 aromatic rings. The van der Waals surface area contributed by atoms with E-state index in [1.54, 1.807) is 6.07 Å². The number of likely N-dealkylation sites (N-methyl/N-ethyl adjacent to an activating group) is 1. The molecule has 0 bridgehead atoms. The Hall–Kier alpha value is -0.640. The minimum Gasteiger partial charge on any atom is -0.374 e. The average Bonchev–Trinajstić information content (AvgIpc) is 2.47. The highest BCUT2D eigenvalue weighted by atomic mass is 35.5. The lowest BCUT2D eigenvalue weighted by molar-refractivity contribution is -0.0883. The minimum atomic E-state index is -0.290. The second-order valence-corrected chi connectivity index (χ2v) is 6.25. The Kier molecular flexibility index (Phi) is 6.03. The van der Waals surface area contributed by atoms with E-state index in [0.717, 1.165) is 31.4 Å². The molecule has 2 nitrogen and oxygen atoms in total. The zero-order valence-electron chi connectivity index (χ0n) is 12.9. The topological polar surface area (TPSA) is 21.3 Å². The quantitative estimate of drug-likeness (QED) is 0.843. The molecule has 1 fully saturated rings. The number of halogens is 2. The lowest BCUT2D eigenvalue weighted by atomic mass is 9.77. The fraction of sp³-hybridized carbons (Fsp3) is 0.647. The summed E-state index contributed by atoms with van der Waals surface area (Å²) >= 11 is 6.18. The number of hydrogen-bond acceptors (Lipinski definition) is 2. The first-order valence-electron chi connectivity index (χ1n) is 7.86. The summed E-state index contributed by atoms with van der Waals surface area (Å²) in [4.78, 5) is 0. The van der Waals surface area contributed by atoms with Gasteiger partial charge in [0.25, 0.3) is 0 Å². The van der Waals surface area contributed by atoms with Crippen molar-refractivity contribution in [1.29, 1.82) is 0 Å². The van der Waals surface area contributed by atoms with Gasteiger partial charge in [0, 0.05) is 17.7 Å². The van der Waals surface area contributed by atoms with Crippen molar-refractivity contribution in [3.05, 3.63) is 34.6 Å². The van der Waals surface area contributed by atoms with E-state index in [2.05, 4.69) is 5.32 Å². The third-order valence-corrected chi connectivity index (χ3v) is 4.91. The predicted molar refractivity (Wildman–Crippen MR) is 85.4 cm³/mol. The number of rotatable bonds is 6. The first kappa shape index (κ1) is 16.7. The largest absolute Gasteiger partial charge is 0.374 e. The molecule has 0 radical (unpaired) electrons. The molecule has 0 spiro atoms. The van der Waals surface area contributed by atoms with Gasteiger partial charge >= 0.3 is 0 Å². The van der Waals surface area contributed by atoms with Crippen LogP contribution in [0, 0.1) is 5.82 Å². The van der Waals surface area contributed by atoms with E-state index >= 15 is 0 Å². The molecule has 0 aromatic heterocycles. The van der Waals surface area contributed by atoms with E-state index in [-0.39, 0.29) is 17.5 Å². The van der Waals surface area contributed by atoms with Crippen molar-refractivity contribution >= 4 is 11.6 Å². The predicted octanol–water partition coefficient (Wildman–Crippen LogP) is 4.35. The molecular weight excluding hydrogens is 289 g/mol. The number of ether oxygens (including phenoxy) is 1. The third-order valence-electron chi connectivity index (χ3n) is 4.55. The molecule has 1 aliphatic rings. The molecule has 1 saturated carbocycles. The van der Waals surface area contributed by atoms with Gasteiger partial charge in [-0.25, -0.2) is 4.39 Å². The maximum absolute atomic E-state index is 13.2. The fourth-order valence-corrected chi connectivity index (χ4v) is 3.73. The maximum Gasteiger partial charge on any atom is 0.124 e. The van der Waals surface area contributed by atoms with Crippen molar-refractivity contribution in [2.24, 2.45) is 0 Å². The summed E-state index contributed by atoms with van der Waals surface area (Å²) in [5, 5.41) is 3.91. The van der Waals surface area contributed by atoms with E-state index in [0.29, 0.717) is 5.02 Å². The number of benzene rings is 1. The van der Waals surface area contributed by atoms with Crippen LogP contribution >= 0.6 is 11.6 Å². The van der Waals surface area contributed by atoms with Crippen molar-refractivity contribution in [1.82, 2.24) is 5.32 Å². The second-order valence-electron chi connectivity index (χ2n) is 5.84. The minimum absolute atomic E-state index is 0.126. The molecule has 0 amide bonds. The highest BCUT2D eigenvalue weighted by Crippen LogP contribution is 2.36. The van der Waals surface area contributed by atoms with Gasteiger partial charge in [-0.2, -0.15) is 0 Å². The Labute approximate surface area is 132 Å². The lowest BCUT2D eigenvalue weighted by Gasteiger charge is -2.43. The molecule has 0 heterocycles. The smallest absolute Gasteiger partial charge is 0.124 e. The zero-order valence-corrected chi connectivity index (χ0v) is 13.7. The standard InChI is InChI=1S/C17H25ClFNO/c1-3-21-17(9-5-4-6-10-17)16(20-2)11-13-7-8-14(19)12-15(13)18/h7-8,12,16,20H,3-6,9-11H2,1-2H3. The Morgan fingerprint density at radius 2 is 2.05 bits per heavy atom. The van der Waals surface area contributed by atoms with Crippen molar-refractivity contribution in [3.8, 4) is 0 Å². The summed E-state index contributed by atoms with van der Waals surface area (Å²) in [5.41, 5.74) is 0.849. The van der Waals surface area contributed by atoms with Gasteiger partial charge in [0.05, 0.1) is 5.60 Å². The molecule has 1 aliphatic carbocycles. The van der Waals surface area contributed by atoms with Gasteiger partial charge in [-0.05, 0) is 50.9 Å². The van der Waals surface area contributed by atoms with Crippen molar-refractivity contribution in [3.63, 3.8) is 0 Å². The van der Waals surface area contributed by atoms with E-state index in [4.69, 9.17) is 16.3 Å². The average molecular weight is 314 g/mol. The number of hydrogen-bond donors (Lipinski definition) is 1. The van der Waals surface area contributed by atoms with Gasteiger partial charge in [-0.3, -0.25) is 0 Å². The Bertz CT molecular complexity index is 455. The van der Waals surface area contributed by atoms with Crippen molar-refractivity contribution in [2.45, 2.75) is 57.1 Å². The molecule has 0 aliphatic heterocycles. The molecule has 1 N–H and O–H groups in total. The molecule has 118 valence electrons. The highest BCUT2D eigenvalue weighted by Gasteiger charge is 2.40. The second kappa shape index (κ2) is 7.57. The van der Waals surface area contributed by atoms with E-state index in [1.807, 2.05) is 14.0 Å². The summed E-state index contributed by atoms with van der Waals surface area (Å²) in [6.45, 7) is 2.77. The Morgan fingerprint density at radius 1 is 1.33 bits per heavy atom. The zero-order chi connectivity index (χ0) is 15.3. The van der Waals surface area contributed by atoms with Gasteiger partial charge in [-0.15, -0.1) is 0 Å². The van der Waals surface area contributed by atoms with Crippen LogP contribution in [0.3, 0.4) is 0 Å². The number of nitrogens with one attached hydrogen (secondary N) is 1. The molecule has 21 heavy (non-hydrogen) atoms. The van der Waals surface area contributed by atoms with E-state index in [9.17, 15) is 4.39 Å². The van der Waals surface area contributed by atoms with Crippen LogP contribution in [0.15, 0.2) is 18.2 Å². The lowest BCUT2D eigenvalue weighted by Crippen LogP contribution is -2.53. The van der Waals surface area contributed by atoms with Crippen molar-refractivity contribution in [2.75, 3.05) is 13.7 Å². The summed E-state index contributed by atoms with van der Waals surface area (Å²) < 4.78 is 19.4. The van der Waals surface area contributed by atoms with E-state index < -0.39 is 0 Å². The molecule has 1 aromatic carbocycles. The molecule has 1 unspecified atom stereocenters. The van der Waals surface area contributed by atoms with Crippen LogP contribution in [0.4, 0.5) is 4.39 Å². The van der Waals surface area contributed by atoms with Crippen LogP contribution < -0.4 is 5.32 Å². The third kappa shape index (κ3) is 3.97. The van der Waals surface area contributed by atoms with Crippen LogP contribution in [0.2, 0.25) is 5.02 Å².